The first-order valence-corrected chi connectivity index (χ1v) is 6.83. The maximum absolute atomic E-state index is 11.8. The summed E-state index contributed by atoms with van der Waals surface area (Å²) < 4.78 is 22.3. The largest absolute Gasteiger partial charge is 0.507 e. The Morgan fingerprint density at radius 1 is 1.28 bits per heavy atom. The molecule has 0 bridgehead atoms. The molecule has 1 amide bonds. The summed E-state index contributed by atoms with van der Waals surface area (Å²) in [5.74, 6) is -1.67. The summed E-state index contributed by atoms with van der Waals surface area (Å²) >= 11 is 0. The molecule has 6 nitrogen and oxygen atoms in total. The smallest absolute Gasteiger partial charge is 0.259 e. The number of rotatable bonds is 2. The molecule has 2 rings (SSSR count). The van der Waals surface area contributed by atoms with Gasteiger partial charge in [0.2, 0.25) is 0 Å². The Balaban J connectivity index is 2.17. The topological polar surface area (TPSA) is 104 Å². The molecular formula is C11H11NO5S. The van der Waals surface area contributed by atoms with Crippen molar-refractivity contribution in [3.63, 3.8) is 0 Å². The van der Waals surface area contributed by atoms with E-state index >= 15 is 0 Å². The van der Waals surface area contributed by atoms with Crippen LogP contribution in [-0.2, 0) is 9.84 Å². The molecule has 7 heteroatoms. The highest BCUT2D eigenvalue weighted by Crippen LogP contribution is 2.26. The molecule has 1 aliphatic rings. The van der Waals surface area contributed by atoms with Crippen molar-refractivity contribution in [2.45, 2.75) is 6.04 Å². The number of benzene rings is 1. The first-order valence-electron chi connectivity index (χ1n) is 5.12. The minimum absolute atomic E-state index is 0.215. The van der Waals surface area contributed by atoms with E-state index in [1.807, 2.05) is 0 Å². The van der Waals surface area contributed by atoms with Crippen LogP contribution in [0.5, 0.6) is 11.5 Å². The van der Waals surface area contributed by atoms with Gasteiger partial charge in [0.05, 0.1) is 11.8 Å². The molecule has 0 spiro atoms. The molecule has 1 aromatic rings. The summed E-state index contributed by atoms with van der Waals surface area (Å²) in [6.07, 6.45) is 1.35. The lowest BCUT2D eigenvalue weighted by molar-refractivity contribution is 0.0942. The number of phenols is 2. The van der Waals surface area contributed by atoms with E-state index < -0.39 is 21.8 Å². The van der Waals surface area contributed by atoms with Crippen LogP contribution in [0.1, 0.15) is 10.4 Å². The molecule has 96 valence electrons. The summed E-state index contributed by atoms with van der Waals surface area (Å²) in [6.45, 7) is 0. The Hall–Kier alpha value is -2.02. The standard InChI is InChI=1S/C11H11NO5S/c13-8-2-1-3-9(14)10(8)11(15)12-7-4-5-18(16,17)6-7/h1-5,7,13-14H,6H2,(H,12,15). The van der Waals surface area contributed by atoms with Crippen LogP contribution < -0.4 is 5.32 Å². The SMILES string of the molecule is O=C(NC1C=CS(=O)(=O)C1)c1c(O)cccc1O. The average molecular weight is 269 g/mol. The van der Waals surface area contributed by atoms with Crippen molar-refractivity contribution in [1.29, 1.82) is 0 Å². The quantitative estimate of drug-likeness (QED) is 0.708. The predicted octanol–water partition coefficient (Wildman–Crippen LogP) is 0.138. The van der Waals surface area contributed by atoms with E-state index in [-0.39, 0.29) is 22.8 Å². The number of amides is 1. The minimum Gasteiger partial charge on any atom is -0.507 e. The maximum Gasteiger partial charge on any atom is 0.259 e. The number of carbonyl (C=O) groups is 1. The van der Waals surface area contributed by atoms with Crippen molar-refractivity contribution in [3.05, 3.63) is 35.2 Å². The maximum atomic E-state index is 11.8. The van der Waals surface area contributed by atoms with Crippen molar-refractivity contribution in [2.24, 2.45) is 0 Å². The molecule has 0 saturated heterocycles. The van der Waals surface area contributed by atoms with Crippen molar-refractivity contribution < 1.29 is 23.4 Å². The van der Waals surface area contributed by atoms with Gasteiger partial charge in [-0.15, -0.1) is 0 Å². The van der Waals surface area contributed by atoms with Gasteiger partial charge in [-0.3, -0.25) is 4.79 Å². The minimum atomic E-state index is -3.26. The third kappa shape index (κ3) is 2.45. The highest BCUT2D eigenvalue weighted by molar-refractivity contribution is 7.94. The van der Waals surface area contributed by atoms with Gasteiger partial charge in [-0.2, -0.15) is 0 Å². The number of phenolic OH excluding ortho intramolecular Hbond substituents is 2. The van der Waals surface area contributed by atoms with Gasteiger partial charge in [-0.25, -0.2) is 8.42 Å². The second-order valence-corrected chi connectivity index (χ2v) is 5.84. The normalized spacial score (nSPS) is 20.8. The second kappa shape index (κ2) is 4.34. The fourth-order valence-corrected chi connectivity index (χ4v) is 2.90. The zero-order valence-corrected chi connectivity index (χ0v) is 10.0. The van der Waals surface area contributed by atoms with Crippen LogP contribution in [-0.4, -0.2) is 36.3 Å². The van der Waals surface area contributed by atoms with Gasteiger partial charge in [0.25, 0.3) is 5.91 Å². The van der Waals surface area contributed by atoms with Gasteiger partial charge in [-0.05, 0) is 18.2 Å². The zero-order chi connectivity index (χ0) is 13.3. The fourth-order valence-electron chi connectivity index (χ4n) is 1.67. The molecule has 1 unspecified atom stereocenters. The molecule has 0 aliphatic carbocycles. The number of carbonyl (C=O) groups excluding carboxylic acids is 1. The molecule has 1 heterocycles. The molecule has 1 atom stereocenters. The summed E-state index contributed by atoms with van der Waals surface area (Å²) in [6, 6.07) is 3.26. The van der Waals surface area contributed by atoms with Gasteiger partial charge >= 0.3 is 0 Å². The molecule has 1 aliphatic heterocycles. The Bertz CT molecular complexity index is 600. The third-order valence-electron chi connectivity index (χ3n) is 2.49. The van der Waals surface area contributed by atoms with Gasteiger partial charge in [0.15, 0.2) is 9.84 Å². The van der Waals surface area contributed by atoms with Gasteiger partial charge < -0.3 is 15.5 Å². The van der Waals surface area contributed by atoms with E-state index in [4.69, 9.17) is 0 Å². The third-order valence-corrected chi connectivity index (χ3v) is 3.89. The predicted molar refractivity (Wildman–Crippen MR) is 64.0 cm³/mol. The van der Waals surface area contributed by atoms with E-state index in [1.165, 1.54) is 24.3 Å². The Labute approximate surface area is 103 Å². The summed E-state index contributed by atoms with van der Waals surface area (Å²) in [4.78, 5) is 11.8. The van der Waals surface area contributed by atoms with Gasteiger partial charge in [-0.1, -0.05) is 6.07 Å². The van der Waals surface area contributed by atoms with Crippen LogP contribution in [0.4, 0.5) is 0 Å². The van der Waals surface area contributed by atoms with E-state index in [1.54, 1.807) is 0 Å². The van der Waals surface area contributed by atoms with E-state index in [2.05, 4.69) is 5.32 Å². The van der Waals surface area contributed by atoms with Crippen LogP contribution in [0.15, 0.2) is 29.7 Å². The van der Waals surface area contributed by atoms with Gasteiger partial charge in [0.1, 0.15) is 17.1 Å². The summed E-state index contributed by atoms with van der Waals surface area (Å²) in [7, 11) is -3.26. The number of hydrogen-bond donors (Lipinski definition) is 3. The first kappa shape index (κ1) is 12.4. The first-order chi connectivity index (χ1) is 8.39. The van der Waals surface area contributed by atoms with Crippen LogP contribution in [0.25, 0.3) is 0 Å². The lowest BCUT2D eigenvalue weighted by Gasteiger charge is -2.11. The number of hydrogen-bond acceptors (Lipinski definition) is 5. The van der Waals surface area contributed by atoms with E-state index in [9.17, 15) is 23.4 Å². The molecule has 0 fully saturated rings. The highest BCUT2D eigenvalue weighted by atomic mass is 32.2. The Morgan fingerprint density at radius 2 is 1.89 bits per heavy atom. The highest BCUT2D eigenvalue weighted by Gasteiger charge is 2.25. The molecule has 18 heavy (non-hydrogen) atoms. The van der Waals surface area contributed by atoms with Crippen LogP contribution >= 0.6 is 0 Å². The monoisotopic (exact) mass is 269 g/mol. The van der Waals surface area contributed by atoms with Gasteiger partial charge in [0, 0.05) is 5.41 Å². The molecule has 0 radical (unpaired) electrons. The molecule has 0 saturated carbocycles. The average Bonchev–Trinajstić information content (AvgIpc) is 2.57. The van der Waals surface area contributed by atoms with Crippen molar-refractivity contribution in [3.8, 4) is 11.5 Å². The summed E-state index contributed by atoms with van der Waals surface area (Å²) in [5.41, 5.74) is -0.268. The number of aromatic hydroxyl groups is 2. The van der Waals surface area contributed by atoms with Crippen LogP contribution in [0, 0.1) is 0 Å². The number of nitrogens with one attached hydrogen (secondary N) is 1. The fraction of sp³-hybridized carbons (Fsp3) is 0.182. The second-order valence-electron chi connectivity index (χ2n) is 3.91. The van der Waals surface area contributed by atoms with Crippen molar-refractivity contribution >= 4 is 15.7 Å². The van der Waals surface area contributed by atoms with Crippen molar-refractivity contribution in [2.75, 3.05) is 5.75 Å². The molecule has 1 aromatic carbocycles. The lowest BCUT2D eigenvalue weighted by Crippen LogP contribution is -2.35. The van der Waals surface area contributed by atoms with E-state index in [0.29, 0.717) is 0 Å². The molecule has 0 aromatic heterocycles. The van der Waals surface area contributed by atoms with Crippen LogP contribution in [0.2, 0.25) is 0 Å². The lowest BCUT2D eigenvalue weighted by atomic mass is 10.1. The number of sulfone groups is 1. The molecule has 3 N–H and O–H groups in total. The Kier molecular flexibility index (Phi) is 3.00. The van der Waals surface area contributed by atoms with Crippen LogP contribution in [0.3, 0.4) is 0 Å². The summed E-state index contributed by atoms with van der Waals surface area (Å²) in [5, 5.41) is 22.4. The molecular weight excluding hydrogens is 258 g/mol. The zero-order valence-electron chi connectivity index (χ0n) is 9.20. The van der Waals surface area contributed by atoms with E-state index in [0.717, 1.165) is 5.41 Å². The Morgan fingerprint density at radius 3 is 2.39 bits per heavy atom. The van der Waals surface area contributed by atoms with Crippen molar-refractivity contribution in [1.82, 2.24) is 5.32 Å².